The lowest BCUT2D eigenvalue weighted by molar-refractivity contribution is 0.466. The van der Waals surface area contributed by atoms with E-state index < -0.39 is 0 Å². The Kier molecular flexibility index (Phi) is 5.40. The second kappa shape index (κ2) is 6.62. The van der Waals surface area contributed by atoms with E-state index >= 15 is 0 Å². The van der Waals surface area contributed by atoms with Crippen molar-refractivity contribution in [1.82, 2.24) is 15.1 Å². The lowest BCUT2D eigenvalue weighted by Gasteiger charge is -2.14. The van der Waals surface area contributed by atoms with Gasteiger partial charge in [0, 0.05) is 25.0 Å². The van der Waals surface area contributed by atoms with Crippen LogP contribution in [0.3, 0.4) is 0 Å². The Hall–Kier alpha value is -0.830. The Balaban J connectivity index is 2.23. The summed E-state index contributed by atoms with van der Waals surface area (Å²) < 4.78 is 1.97. The van der Waals surface area contributed by atoms with Crippen LogP contribution in [0.25, 0.3) is 0 Å². The van der Waals surface area contributed by atoms with Gasteiger partial charge in [-0.05, 0) is 38.8 Å². The highest BCUT2D eigenvalue weighted by Crippen LogP contribution is 2.08. The Labute approximate surface area is 92.9 Å². The first kappa shape index (κ1) is 12.2. The first-order chi connectivity index (χ1) is 7.27. The van der Waals surface area contributed by atoms with Gasteiger partial charge in [0.1, 0.15) is 0 Å². The van der Waals surface area contributed by atoms with Crippen molar-refractivity contribution in [3.63, 3.8) is 0 Å². The lowest BCUT2D eigenvalue weighted by atomic mass is 10.0. The Morgan fingerprint density at radius 2 is 2.27 bits per heavy atom. The van der Waals surface area contributed by atoms with Gasteiger partial charge in [-0.15, -0.1) is 0 Å². The van der Waals surface area contributed by atoms with Crippen LogP contribution >= 0.6 is 0 Å². The van der Waals surface area contributed by atoms with E-state index in [-0.39, 0.29) is 0 Å². The summed E-state index contributed by atoms with van der Waals surface area (Å²) in [5.41, 5.74) is 1.33. The second-order valence-electron chi connectivity index (χ2n) is 4.11. The Bertz CT molecular complexity index is 268. The Morgan fingerprint density at radius 1 is 1.47 bits per heavy atom. The summed E-state index contributed by atoms with van der Waals surface area (Å²) in [4.78, 5) is 0. The summed E-state index contributed by atoms with van der Waals surface area (Å²) >= 11 is 0. The zero-order chi connectivity index (χ0) is 11.1. The molecular weight excluding hydrogens is 186 g/mol. The number of aryl methyl sites for hydroxylation is 2. The maximum atomic E-state index is 4.17. The molecule has 0 saturated carbocycles. The summed E-state index contributed by atoms with van der Waals surface area (Å²) in [6, 6.07) is 2.79. The molecule has 1 heterocycles. The van der Waals surface area contributed by atoms with Crippen molar-refractivity contribution in [3.05, 3.63) is 18.0 Å². The molecule has 1 rings (SSSR count). The van der Waals surface area contributed by atoms with E-state index in [1.165, 1.54) is 31.4 Å². The molecule has 0 aliphatic heterocycles. The fourth-order valence-corrected chi connectivity index (χ4v) is 1.96. The van der Waals surface area contributed by atoms with Crippen molar-refractivity contribution in [3.8, 4) is 0 Å². The third-order valence-electron chi connectivity index (χ3n) is 2.95. The molecule has 0 bridgehead atoms. The molecule has 86 valence electrons. The molecule has 3 nitrogen and oxygen atoms in total. The largest absolute Gasteiger partial charge is 0.317 e. The third-order valence-corrected chi connectivity index (χ3v) is 2.95. The molecule has 0 aliphatic carbocycles. The molecule has 1 aromatic heterocycles. The number of rotatable bonds is 7. The number of aromatic nitrogens is 2. The molecule has 1 N–H and O–H groups in total. The van der Waals surface area contributed by atoms with Gasteiger partial charge in [-0.3, -0.25) is 4.68 Å². The van der Waals surface area contributed by atoms with Crippen molar-refractivity contribution in [1.29, 1.82) is 0 Å². The van der Waals surface area contributed by atoms with Crippen LogP contribution < -0.4 is 5.32 Å². The van der Waals surface area contributed by atoms with Gasteiger partial charge in [0.05, 0.1) is 0 Å². The molecule has 0 aromatic carbocycles. The number of nitrogens with zero attached hydrogens (tertiary/aromatic N) is 2. The zero-order valence-electron chi connectivity index (χ0n) is 10.2. The highest BCUT2D eigenvalue weighted by molar-refractivity contribution is 4.99. The molecule has 1 atom stereocenters. The number of hydrogen-bond acceptors (Lipinski definition) is 2. The molecule has 0 fully saturated rings. The maximum absolute atomic E-state index is 4.17. The number of nitrogens with one attached hydrogen (secondary N) is 1. The minimum atomic E-state index is 0.684. The molecule has 0 amide bonds. The molecule has 0 aliphatic rings. The molecule has 3 heteroatoms. The van der Waals surface area contributed by atoms with Gasteiger partial charge >= 0.3 is 0 Å². The van der Waals surface area contributed by atoms with Crippen LogP contribution in [0.5, 0.6) is 0 Å². The average Bonchev–Trinajstić information content (AvgIpc) is 2.63. The highest BCUT2D eigenvalue weighted by atomic mass is 15.2. The van der Waals surface area contributed by atoms with Crippen LogP contribution in [0.2, 0.25) is 0 Å². The summed E-state index contributed by atoms with van der Waals surface area (Å²) in [7, 11) is 4.07. The predicted octanol–water partition coefficient (Wildman–Crippen LogP) is 2.13. The van der Waals surface area contributed by atoms with Crippen molar-refractivity contribution in [2.45, 2.75) is 45.1 Å². The molecule has 15 heavy (non-hydrogen) atoms. The first-order valence-electron chi connectivity index (χ1n) is 5.92. The maximum Gasteiger partial charge on any atom is 0.0492 e. The lowest BCUT2D eigenvalue weighted by Crippen LogP contribution is -2.24. The third kappa shape index (κ3) is 4.04. The molecule has 1 aromatic rings. The summed E-state index contributed by atoms with van der Waals surface area (Å²) in [5.74, 6) is 0. The summed E-state index contributed by atoms with van der Waals surface area (Å²) in [6.07, 6.45) is 8.05. The van der Waals surface area contributed by atoms with Gasteiger partial charge in [0.25, 0.3) is 0 Å². The minimum Gasteiger partial charge on any atom is -0.317 e. The van der Waals surface area contributed by atoms with Crippen molar-refractivity contribution in [2.24, 2.45) is 7.05 Å². The van der Waals surface area contributed by atoms with Crippen molar-refractivity contribution < 1.29 is 0 Å². The zero-order valence-corrected chi connectivity index (χ0v) is 10.2. The molecule has 0 spiro atoms. The van der Waals surface area contributed by atoms with Gasteiger partial charge in [-0.1, -0.05) is 13.3 Å². The van der Waals surface area contributed by atoms with Gasteiger partial charge in [-0.2, -0.15) is 5.10 Å². The van der Waals surface area contributed by atoms with Gasteiger partial charge in [-0.25, -0.2) is 0 Å². The van der Waals surface area contributed by atoms with Crippen molar-refractivity contribution >= 4 is 0 Å². The van der Waals surface area contributed by atoms with E-state index in [4.69, 9.17) is 0 Å². The quantitative estimate of drug-likeness (QED) is 0.745. The van der Waals surface area contributed by atoms with Gasteiger partial charge in [0.2, 0.25) is 0 Å². The summed E-state index contributed by atoms with van der Waals surface area (Å²) in [6.45, 7) is 2.24. The Morgan fingerprint density at radius 3 is 2.80 bits per heavy atom. The van der Waals surface area contributed by atoms with E-state index in [0.29, 0.717) is 6.04 Å². The van der Waals surface area contributed by atoms with E-state index in [1.54, 1.807) is 0 Å². The van der Waals surface area contributed by atoms with Crippen LogP contribution in [0.1, 0.15) is 38.3 Å². The fourth-order valence-electron chi connectivity index (χ4n) is 1.96. The van der Waals surface area contributed by atoms with E-state index in [0.717, 1.165) is 6.42 Å². The molecule has 0 radical (unpaired) electrons. The van der Waals surface area contributed by atoms with Crippen molar-refractivity contribution in [2.75, 3.05) is 7.05 Å². The van der Waals surface area contributed by atoms with Crippen LogP contribution in [0.4, 0.5) is 0 Å². The minimum absolute atomic E-state index is 0.684. The SMILES string of the molecule is CCCC(CCCc1ccnn1C)NC. The standard InChI is InChI=1S/C12H23N3/c1-4-6-11(13-2)7-5-8-12-9-10-14-15(12)3/h9-11,13H,4-8H2,1-3H3. The highest BCUT2D eigenvalue weighted by Gasteiger charge is 2.05. The molecule has 1 unspecified atom stereocenters. The van der Waals surface area contributed by atoms with E-state index in [2.05, 4.69) is 30.5 Å². The van der Waals surface area contributed by atoms with E-state index in [9.17, 15) is 0 Å². The van der Waals surface area contributed by atoms with Crippen LogP contribution in [0, 0.1) is 0 Å². The second-order valence-corrected chi connectivity index (χ2v) is 4.11. The fraction of sp³-hybridized carbons (Fsp3) is 0.750. The van der Waals surface area contributed by atoms with Gasteiger partial charge in [0.15, 0.2) is 0 Å². The molecular formula is C12H23N3. The van der Waals surface area contributed by atoms with Gasteiger partial charge < -0.3 is 5.32 Å². The monoisotopic (exact) mass is 209 g/mol. The van der Waals surface area contributed by atoms with Crippen LogP contribution in [-0.2, 0) is 13.5 Å². The smallest absolute Gasteiger partial charge is 0.0492 e. The predicted molar refractivity (Wildman–Crippen MR) is 63.9 cm³/mol. The average molecular weight is 209 g/mol. The summed E-state index contributed by atoms with van der Waals surface area (Å²) in [5, 5.41) is 7.55. The van der Waals surface area contributed by atoms with Crippen LogP contribution in [0.15, 0.2) is 12.3 Å². The van der Waals surface area contributed by atoms with Crippen LogP contribution in [-0.4, -0.2) is 22.9 Å². The normalized spacial score (nSPS) is 13.0. The molecule has 0 saturated heterocycles. The van der Waals surface area contributed by atoms with E-state index in [1.807, 2.05) is 17.9 Å². The first-order valence-corrected chi connectivity index (χ1v) is 5.92. The topological polar surface area (TPSA) is 29.9 Å². The number of hydrogen-bond donors (Lipinski definition) is 1.